The molecule has 142 valence electrons. The zero-order valence-electron chi connectivity index (χ0n) is 15.1. The SMILES string of the molecule is Cc1cc(NC2CCN(c3ccc(C(F)(F)F)cn3)CC2)c(C#N)c(C)n1. The molecule has 5 nitrogen and oxygen atoms in total. The molecule has 2 aromatic rings. The second-order valence-electron chi connectivity index (χ2n) is 6.69. The average molecular weight is 375 g/mol. The van der Waals surface area contributed by atoms with Crippen LogP contribution in [0.5, 0.6) is 0 Å². The highest BCUT2D eigenvalue weighted by Gasteiger charge is 2.31. The van der Waals surface area contributed by atoms with Gasteiger partial charge in [0.15, 0.2) is 0 Å². The molecule has 8 heteroatoms. The number of aryl methyl sites for hydroxylation is 2. The van der Waals surface area contributed by atoms with Crippen LogP contribution in [0.3, 0.4) is 0 Å². The minimum absolute atomic E-state index is 0.184. The van der Waals surface area contributed by atoms with Crippen molar-refractivity contribution in [1.29, 1.82) is 5.26 Å². The Bertz CT molecular complexity index is 847. The van der Waals surface area contributed by atoms with Crippen molar-refractivity contribution in [1.82, 2.24) is 9.97 Å². The van der Waals surface area contributed by atoms with Crippen LogP contribution in [0.25, 0.3) is 0 Å². The molecule has 0 spiro atoms. The molecule has 3 rings (SSSR count). The van der Waals surface area contributed by atoms with Gasteiger partial charge in [-0.25, -0.2) is 4.98 Å². The van der Waals surface area contributed by atoms with E-state index in [0.717, 1.165) is 36.5 Å². The minimum atomic E-state index is -4.37. The Morgan fingerprint density at radius 1 is 1.22 bits per heavy atom. The quantitative estimate of drug-likeness (QED) is 0.876. The number of anilines is 2. The van der Waals surface area contributed by atoms with E-state index >= 15 is 0 Å². The summed E-state index contributed by atoms with van der Waals surface area (Å²) in [4.78, 5) is 10.3. The lowest BCUT2D eigenvalue weighted by Gasteiger charge is -2.34. The van der Waals surface area contributed by atoms with Gasteiger partial charge in [-0.1, -0.05) is 0 Å². The molecule has 0 unspecified atom stereocenters. The van der Waals surface area contributed by atoms with Crippen LogP contribution >= 0.6 is 0 Å². The van der Waals surface area contributed by atoms with E-state index in [1.165, 1.54) is 6.07 Å². The van der Waals surface area contributed by atoms with E-state index < -0.39 is 11.7 Å². The fourth-order valence-electron chi connectivity index (χ4n) is 3.30. The number of halogens is 3. The minimum Gasteiger partial charge on any atom is -0.381 e. The zero-order chi connectivity index (χ0) is 19.6. The van der Waals surface area contributed by atoms with Gasteiger partial charge >= 0.3 is 6.18 Å². The molecule has 1 fully saturated rings. The molecule has 2 aromatic heterocycles. The normalized spacial score (nSPS) is 15.5. The number of nitriles is 1. The maximum absolute atomic E-state index is 12.6. The monoisotopic (exact) mass is 375 g/mol. The number of nitrogens with zero attached hydrogens (tertiary/aromatic N) is 4. The summed E-state index contributed by atoms with van der Waals surface area (Å²) in [6, 6.07) is 6.73. The molecule has 0 aromatic carbocycles. The summed E-state index contributed by atoms with van der Waals surface area (Å²) >= 11 is 0. The van der Waals surface area contributed by atoms with E-state index in [2.05, 4.69) is 21.4 Å². The average Bonchev–Trinajstić information content (AvgIpc) is 2.61. The van der Waals surface area contributed by atoms with E-state index in [1.54, 1.807) is 0 Å². The number of pyridine rings is 2. The van der Waals surface area contributed by atoms with Gasteiger partial charge in [0.2, 0.25) is 0 Å². The van der Waals surface area contributed by atoms with E-state index in [4.69, 9.17) is 0 Å². The predicted octanol–water partition coefficient (Wildman–Crippen LogP) is 4.06. The largest absolute Gasteiger partial charge is 0.417 e. The molecule has 0 bridgehead atoms. The number of alkyl halides is 3. The number of hydrogen-bond acceptors (Lipinski definition) is 5. The van der Waals surface area contributed by atoms with Crippen LogP contribution in [0.1, 0.15) is 35.4 Å². The third-order valence-electron chi connectivity index (χ3n) is 4.69. The Hall–Kier alpha value is -2.82. The van der Waals surface area contributed by atoms with Gasteiger partial charge < -0.3 is 10.2 Å². The smallest absolute Gasteiger partial charge is 0.381 e. The number of rotatable bonds is 3. The summed E-state index contributed by atoms with van der Waals surface area (Å²) in [5, 5.41) is 12.8. The summed E-state index contributed by atoms with van der Waals surface area (Å²) in [6.45, 7) is 5.07. The molecule has 0 aliphatic carbocycles. The van der Waals surface area contributed by atoms with Crippen LogP contribution in [-0.4, -0.2) is 29.1 Å². The van der Waals surface area contributed by atoms with E-state index in [-0.39, 0.29) is 6.04 Å². The van der Waals surface area contributed by atoms with Crippen molar-refractivity contribution >= 4 is 11.5 Å². The van der Waals surface area contributed by atoms with Gasteiger partial charge in [-0.05, 0) is 44.9 Å². The topological polar surface area (TPSA) is 64.8 Å². The summed E-state index contributed by atoms with van der Waals surface area (Å²) in [6.07, 6.45) is -1.90. The van der Waals surface area contributed by atoms with Crippen LogP contribution < -0.4 is 10.2 Å². The van der Waals surface area contributed by atoms with Gasteiger partial charge in [0.05, 0.1) is 22.5 Å². The standard InChI is InChI=1S/C19H20F3N5/c1-12-9-17(16(10-23)13(2)25-12)26-15-5-7-27(8-6-15)18-4-3-14(11-24-18)19(20,21)22/h3-4,9,11,15H,5-8H2,1-2H3,(H,25,26). The maximum atomic E-state index is 12.6. The summed E-state index contributed by atoms with van der Waals surface area (Å²) < 4.78 is 37.9. The molecule has 0 saturated carbocycles. The highest BCUT2D eigenvalue weighted by Crippen LogP contribution is 2.30. The summed E-state index contributed by atoms with van der Waals surface area (Å²) in [5.74, 6) is 0.551. The van der Waals surface area contributed by atoms with Crippen molar-refractivity contribution in [2.75, 3.05) is 23.3 Å². The zero-order valence-corrected chi connectivity index (χ0v) is 15.1. The van der Waals surface area contributed by atoms with E-state index in [1.807, 2.05) is 24.8 Å². The maximum Gasteiger partial charge on any atom is 0.417 e. The highest BCUT2D eigenvalue weighted by atomic mass is 19.4. The number of nitrogens with one attached hydrogen (secondary N) is 1. The summed E-state index contributed by atoms with van der Waals surface area (Å²) in [7, 11) is 0. The number of hydrogen-bond donors (Lipinski definition) is 1. The fourth-order valence-corrected chi connectivity index (χ4v) is 3.30. The first-order valence-corrected chi connectivity index (χ1v) is 8.71. The first-order chi connectivity index (χ1) is 12.8. The van der Waals surface area contributed by atoms with Crippen LogP contribution in [-0.2, 0) is 6.18 Å². The third-order valence-corrected chi connectivity index (χ3v) is 4.69. The second kappa shape index (κ2) is 7.43. The van der Waals surface area contributed by atoms with Gasteiger partial charge in [0.1, 0.15) is 11.9 Å². The van der Waals surface area contributed by atoms with E-state index in [0.29, 0.717) is 30.2 Å². The first kappa shape index (κ1) is 19.0. The van der Waals surface area contributed by atoms with Crippen molar-refractivity contribution < 1.29 is 13.2 Å². The van der Waals surface area contributed by atoms with Crippen molar-refractivity contribution in [3.8, 4) is 6.07 Å². The molecule has 1 aliphatic rings. The van der Waals surface area contributed by atoms with Crippen molar-refractivity contribution in [3.05, 3.63) is 46.9 Å². The number of piperidine rings is 1. The Labute approximate surface area is 155 Å². The van der Waals surface area contributed by atoms with Gasteiger partial charge in [-0.2, -0.15) is 18.4 Å². The first-order valence-electron chi connectivity index (χ1n) is 8.71. The Kier molecular flexibility index (Phi) is 5.22. The van der Waals surface area contributed by atoms with Gasteiger partial charge in [-0.15, -0.1) is 0 Å². The third kappa shape index (κ3) is 4.30. The van der Waals surface area contributed by atoms with Gasteiger partial charge in [-0.3, -0.25) is 4.98 Å². The second-order valence-corrected chi connectivity index (χ2v) is 6.69. The predicted molar refractivity (Wildman–Crippen MR) is 96.5 cm³/mol. The van der Waals surface area contributed by atoms with Crippen LogP contribution in [0.2, 0.25) is 0 Å². The lowest BCUT2D eigenvalue weighted by molar-refractivity contribution is -0.137. The number of aromatic nitrogens is 2. The van der Waals surface area contributed by atoms with Crippen LogP contribution in [0, 0.1) is 25.2 Å². The molecule has 0 amide bonds. The van der Waals surface area contributed by atoms with E-state index in [9.17, 15) is 18.4 Å². The molecule has 1 N–H and O–H groups in total. The Morgan fingerprint density at radius 3 is 2.48 bits per heavy atom. The summed E-state index contributed by atoms with van der Waals surface area (Å²) in [5.41, 5.74) is 2.14. The molecule has 3 heterocycles. The van der Waals surface area contributed by atoms with Gasteiger partial charge in [0, 0.05) is 31.0 Å². The fraction of sp³-hybridized carbons (Fsp3) is 0.421. The highest BCUT2D eigenvalue weighted by molar-refractivity contribution is 5.60. The molecule has 0 atom stereocenters. The molecular weight excluding hydrogens is 355 g/mol. The molecule has 1 saturated heterocycles. The Balaban J connectivity index is 1.64. The molecular formula is C19H20F3N5. The molecule has 27 heavy (non-hydrogen) atoms. The van der Waals surface area contributed by atoms with Crippen molar-refractivity contribution in [2.24, 2.45) is 0 Å². The van der Waals surface area contributed by atoms with Gasteiger partial charge in [0.25, 0.3) is 0 Å². The lowest BCUT2D eigenvalue weighted by Crippen LogP contribution is -2.39. The Morgan fingerprint density at radius 2 is 1.93 bits per heavy atom. The van der Waals surface area contributed by atoms with Crippen LogP contribution in [0.15, 0.2) is 24.4 Å². The van der Waals surface area contributed by atoms with Crippen molar-refractivity contribution in [3.63, 3.8) is 0 Å². The van der Waals surface area contributed by atoms with Crippen molar-refractivity contribution in [2.45, 2.75) is 38.9 Å². The lowest BCUT2D eigenvalue weighted by atomic mass is 10.0. The molecule has 0 radical (unpaired) electrons. The molecule has 1 aliphatic heterocycles. The van der Waals surface area contributed by atoms with Crippen LogP contribution in [0.4, 0.5) is 24.7 Å².